The number of halogens is 1. The third kappa shape index (κ3) is 6.68. The van der Waals surface area contributed by atoms with E-state index in [-0.39, 0.29) is 54.9 Å². The number of amides is 3. The highest BCUT2D eigenvalue weighted by atomic mass is 35.5. The van der Waals surface area contributed by atoms with E-state index in [0.717, 1.165) is 19.3 Å². The number of piperidine rings is 1. The normalized spacial score (nSPS) is 16.5. The highest BCUT2D eigenvalue weighted by molar-refractivity contribution is 5.91. The molecular weight excluding hydrogens is 360 g/mol. The lowest BCUT2D eigenvalue weighted by Gasteiger charge is -2.36. The smallest absolute Gasteiger partial charge is 0.286 e. The topological polar surface area (TPSA) is 118 Å². The van der Waals surface area contributed by atoms with Gasteiger partial charge in [0.2, 0.25) is 11.8 Å². The first-order chi connectivity index (χ1) is 12.1. The Morgan fingerprint density at radius 3 is 2.73 bits per heavy atom. The first-order valence-corrected chi connectivity index (χ1v) is 8.69. The van der Waals surface area contributed by atoms with Gasteiger partial charge in [-0.2, -0.15) is 0 Å². The maximum atomic E-state index is 12.5. The zero-order chi connectivity index (χ0) is 18.1. The molecule has 1 saturated heterocycles. The monoisotopic (exact) mass is 386 g/mol. The zero-order valence-corrected chi connectivity index (χ0v) is 15.6. The molecule has 1 aromatic heterocycles. The summed E-state index contributed by atoms with van der Waals surface area (Å²) in [4.78, 5) is 37.6. The fraction of sp³-hybridized carbons (Fsp3) is 0.588. The molecule has 2 heterocycles. The summed E-state index contributed by atoms with van der Waals surface area (Å²) in [5, 5.41) is 5.51. The van der Waals surface area contributed by atoms with E-state index in [9.17, 15) is 14.4 Å². The molecule has 3 amide bonds. The highest BCUT2D eigenvalue weighted by Gasteiger charge is 2.26. The number of hydrogen-bond acceptors (Lipinski definition) is 5. The van der Waals surface area contributed by atoms with Crippen molar-refractivity contribution in [2.75, 3.05) is 26.2 Å². The van der Waals surface area contributed by atoms with Gasteiger partial charge in [-0.1, -0.05) is 0 Å². The second-order valence-electron chi connectivity index (χ2n) is 6.06. The van der Waals surface area contributed by atoms with Crippen molar-refractivity contribution in [1.82, 2.24) is 15.5 Å². The fourth-order valence-corrected chi connectivity index (χ4v) is 2.91. The van der Waals surface area contributed by atoms with E-state index < -0.39 is 0 Å². The van der Waals surface area contributed by atoms with E-state index >= 15 is 0 Å². The number of hydrogen-bond donors (Lipinski definition) is 3. The van der Waals surface area contributed by atoms with Crippen LogP contribution in [0.25, 0.3) is 0 Å². The molecular formula is C17H27ClN4O4. The van der Waals surface area contributed by atoms with E-state index in [4.69, 9.17) is 10.2 Å². The minimum atomic E-state index is -0.331. The molecule has 9 heteroatoms. The van der Waals surface area contributed by atoms with Crippen molar-refractivity contribution >= 4 is 30.1 Å². The number of likely N-dealkylation sites (tertiary alicyclic amines) is 1. The fourth-order valence-electron chi connectivity index (χ4n) is 2.91. The van der Waals surface area contributed by atoms with Gasteiger partial charge in [0, 0.05) is 45.1 Å². The summed E-state index contributed by atoms with van der Waals surface area (Å²) in [6, 6.07) is 3.21. The predicted molar refractivity (Wildman–Crippen MR) is 98.9 cm³/mol. The van der Waals surface area contributed by atoms with Gasteiger partial charge in [0.05, 0.1) is 6.26 Å². The van der Waals surface area contributed by atoms with Crippen molar-refractivity contribution in [3.63, 3.8) is 0 Å². The number of nitrogens with two attached hydrogens (primary N) is 1. The van der Waals surface area contributed by atoms with Crippen LogP contribution in [0.4, 0.5) is 0 Å². The number of furan rings is 1. The number of rotatable bonds is 8. The average molecular weight is 387 g/mol. The first-order valence-electron chi connectivity index (χ1n) is 8.69. The van der Waals surface area contributed by atoms with Crippen molar-refractivity contribution in [3.8, 4) is 0 Å². The summed E-state index contributed by atoms with van der Waals surface area (Å²) in [5.74, 6) is -0.211. The highest BCUT2D eigenvalue weighted by Crippen LogP contribution is 2.17. The second kappa shape index (κ2) is 11.5. The van der Waals surface area contributed by atoms with Crippen molar-refractivity contribution in [2.45, 2.75) is 38.1 Å². The van der Waals surface area contributed by atoms with E-state index in [1.54, 1.807) is 12.1 Å². The largest absolute Gasteiger partial charge is 0.459 e. The summed E-state index contributed by atoms with van der Waals surface area (Å²) >= 11 is 0. The van der Waals surface area contributed by atoms with E-state index in [2.05, 4.69) is 10.6 Å². The summed E-state index contributed by atoms with van der Waals surface area (Å²) < 4.78 is 5.00. The molecule has 1 fully saturated rings. The standard InChI is InChI=1S/C17H26N4O4.ClH/c18-8-6-15(22)20-12-13-4-1-2-10-21(13)16(23)7-9-19-17(24)14-5-3-11-25-14;/h3,5,11,13H,1-2,4,6-10,12,18H2,(H,19,24)(H,20,22);1H. The van der Waals surface area contributed by atoms with E-state index in [0.29, 0.717) is 26.1 Å². The van der Waals surface area contributed by atoms with Gasteiger partial charge < -0.3 is 25.7 Å². The molecule has 0 aromatic carbocycles. The SMILES string of the molecule is Cl.NCCC(=O)NCC1CCCCN1C(=O)CCNC(=O)c1ccco1. The lowest BCUT2D eigenvalue weighted by molar-refractivity contribution is -0.135. The Kier molecular flexibility index (Phi) is 9.75. The molecule has 8 nitrogen and oxygen atoms in total. The van der Waals surface area contributed by atoms with Crippen LogP contribution < -0.4 is 16.4 Å². The van der Waals surface area contributed by atoms with Crippen LogP contribution in [0.1, 0.15) is 42.7 Å². The van der Waals surface area contributed by atoms with Crippen LogP contribution in [0.15, 0.2) is 22.8 Å². The number of nitrogens with one attached hydrogen (secondary N) is 2. The van der Waals surface area contributed by atoms with Gasteiger partial charge in [0.15, 0.2) is 5.76 Å². The Labute approximate surface area is 159 Å². The lowest BCUT2D eigenvalue weighted by atomic mass is 10.0. The Morgan fingerprint density at radius 2 is 2.04 bits per heavy atom. The summed E-state index contributed by atoms with van der Waals surface area (Å²) in [7, 11) is 0. The lowest BCUT2D eigenvalue weighted by Crippen LogP contribution is -2.50. The van der Waals surface area contributed by atoms with Gasteiger partial charge >= 0.3 is 0 Å². The van der Waals surface area contributed by atoms with Gasteiger partial charge in [-0.25, -0.2) is 0 Å². The first kappa shape index (κ1) is 22.0. The van der Waals surface area contributed by atoms with Crippen molar-refractivity contribution < 1.29 is 18.8 Å². The molecule has 0 aliphatic carbocycles. The number of carbonyl (C=O) groups is 3. The molecule has 1 unspecified atom stereocenters. The van der Waals surface area contributed by atoms with Crippen LogP contribution in [-0.4, -0.2) is 54.8 Å². The van der Waals surface area contributed by atoms with Gasteiger partial charge in [0.25, 0.3) is 5.91 Å². The Bertz CT molecular complexity index is 579. The summed E-state index contributed by atoms with van der Waals surface area (Å²) in [5.41, 5.74) is 5.36. The minimum Gasteiger partial charge on any atom is -0.459 e. The maximum Gasteiger partial charge on any atom is 0.286 e. The molecule has 1 aliphatic heterocycles. The quantitative estimate of drug-likeness (QED) is 0.606. The Morgan fingerprint density at radius 1 is 1.23 bits per heavy atom. The van der Waals surface area contributed by atoms with Crippen LogP contribution in [0, 0.1) is 0 Å². The van der Waals surface area contributed by atoms with E-state index in [1.807, 2.05) is 4.90 Å². The molecule has 0 radical (unpaired) electrons. The molecule has 26 heavy (non-hydrogen) atoms. The van der Waals surface area contributed by atoms with Crippen molar-refractivity contribution in [3.05, 3.63) is 24.2 Å². The van der Waals surface area contributed by atoms with E-state index in [1.165, 1.54) is 6.26 Å². The van der Waals surface area contributed by atoms with Crippen LogP contribution in [-0.2, 0) is 9.59 Å². The molecule has 0 bridgehead atoms. The number of nitrogens with zero attached hydrogens (tertiary/aromatic N) is 1. The van der Waals surface area contributed by atoms with Gasteiger partial charge in [-0.15, -0.1) is 12.4 Å². The molecule has 1 aliphatic rings. The van der Waals surface area contributed by atoms with Gasteiger partial charge in [-0.3, -0.25) is 14.4 Å². The van der Waals surface area contributed by atoms with Gasteiger partial charge in [0.1, 0.15) is 0 Å². The van der Waals surface area contributed by atoms with Crippen LogP contribution >= 0.6 is 12.4 Å². The van der Waals surface area contributed by atoms with Gasteiger partial charge in [-0.05, 0) is 31.4 Å². The minimum absolute atomic E-state index is 0. The molecule has 0 spiro atoms. The molecule has 2 rings (SSSR count). The third-order valence-electron chi connectivity index (χ3n) is 4.22. The second-order valence-corrected chi connectivity index (χ2v) is 6.06. The Balaban J connectivity index is 0.00000338. The van der Waals surface area contributed by atoms with Crippen LogP contribution in [0.3, 0.4) is 0 Å². The average Bonchev–Trinajstić information content (AvgIpc) is 3.15. The molecule has 1 atom stereocenters. The third-order valence-corrected chi connectivity index (χ3v) is 4.22. The van der Waals surface area contributed by atoms with Crippen molar-refractivity contribution in [1.29, 1.82) is 0 Å². The van der Waals surface area contributed by atoms with Crippen LogP contribution in [0.2, 0.25) is 0 Å². The molecule has 0 saturated carbocycles. The molecule has 146 valence electrons. The Hall–Kier alpha value is -2.06. The zero-order valence-electron chi connectivity index (χ0n) is 14.7. The summed E-state index contributed by atoms with van der Waals surface area (Å²) in [6.45, 7) is 1.70. The maximum absolute atomic E-state index is 12.5. The number of carbonyl (C=O) groups excluding carboxylic acids is 3. The molecule has 4 N–H and O–H groups in total. The predicted octanol–water partition coefficient (Wildman–Crippen LogP) is 0.667. The summed E-state index contributed by atoms with van der Waals surface area (Å²) in [6.07, 6.45) is 4.80. The van der Waals surface area contributed by atoms with Crippen molar-refractivity contribution in [2.24, 2.45) is 5.73 Å². The van der Waals surface area contributed by atoms with Crippen LogP contribution in [0.5, 0.6) is 0 Å². The molecule has 1 aromatic rings.